The van der Waals surface area contributed by atoms with Crippen LogP contribution in [0.4, 0.5) is 0 Å². The Bertz CT molecular complexity index is 175. The van der Waals surface area contributed by atoms with Gasteiger partial charge in [0.2, 0.25) is 0 Å². The summed E-state index contributed by atoms with van der Waals surface area (Å²) >= 11 is 0. The summed E-state index contributed by atoms with van der Waals surface area (Å²) in [5, 5.41) is 8.62. The zero-order valence-electron chi connectivity index (χ0n) is 7.67. The second-order valence-corrected chi connectivity index (χ2v) is 4.05. The zero-order chi connectivity index (χ0) is 9.19. The third kappa shape index (κ3) is 2.21. The van der Waals surface area contributed by atoms with E-state index in [0.717, 1.165) is 12.8 Å². The summed E-state index contributed by atoms with van der Waals surface area (Å²) in [6, 6.07) is 0. The molecule has 1 aliphatic heterocycles. The predicted molar refractivity (Wildman–Crippen MR) is 45.0 cm³/mol. The van der Waals surface area contributed by atoms with E-state index < -0.39 is 5.97 Å². The van der Waals surface area contributed by atoms with Crippen molar-refractivity contribution < 1.29 is 14.6 Å². The molecule has 3 heteroatoms. The van der Waals surface area contributed by atoms with Crippen LogP contribution in [0.15, 0.2) is 0 Å². The van der Waals surface area contributed by atoms with E-state index in [1.165, 1.54) is 0 Å². The van der Waals surface area contributed by atoms with Crippen molar-refractivity contribution in [3.8, 4) is 0 Å². The predicted octanol–water partition coefficient (Wildman–Crippen LogP) is 1.67. The first kappa shape index (κ1) is 9.52. The molecule has 0 aromatic rings. The Labute approximate surface area is 72.7 Å². The minimum absolute atomic E-state index is 0.0244. The van der Waals surface area contributed by atoms with Crippen LogP contribution < -0.4 is 0 Å². The molecule has 0 saturated carbocycles. The fourth-order valence-electron chi connectivity index (χ4n) is 1.63. The topological polar surface area (TPSA) is 46.5 Å². The van der Waals surface area contributed by atoms with Crippen LogP contribution in [0.1, 0.15) is 33.1 Å². The van der Waals surface area contributed by atoms with Gasteiger partial charge in [0, 0.05) is 6.61 Å². The number of hydrogen-bond acceptors (Lipinski definition) is 2. The fourth-order valence-corrected chi connectivity index (χ4v) is 1.63. The molecule has 1 N–H and O–H groups in total. The Morgan fingerprint density at radius 1 is 1.67 bits per heavy atom. The van der Waals surface area contributed by atoms with Crippen molar-refractivity contribution in [3.05, 3.63) is 0 Å². The summed E-state index contributed by atoms with van der Waals surface area (Å²) in [6.07, 6.45) is 2.13. The first-order valence-electron chi connectivity index (χ1n) is 4.36. The Hall–Kier alpha value is -0.570. The molecule has 1 unspecified atom stereocenters. The summed E-state index contributed by atoms with van der Waals surface area (Å²) in [5.41, 5.74) is 0.0244. The highest BCUT2D eigenvalue weighted by Gasteiger charge is 2.34. The minimum atomic E-state index is -0.769. The third-order valence-electron chi connectivity index (χ3n) is 2.52. The molecule has 0 aliphatic carbocycles. The summed E-state index contributed by atoms with van der Waals surface area (Å²) < 4.78 is 5.42. The quantitative estimate of drug-likeness (QED) is 0.689. The van der Waals surface area contributed by atoms with Gasteiger partial charge in [0.05, 0.1) is 12.5 Å². The SMILES string of the molecule is CC1(C)CCCOC1CC(=O)O. The maximum absolute atomic E-state index is 10.5. The Kier molecular flexibility index (Phi) is 2.73. The molecular formula is C9H16O3. The lowest BCUT2D eigenvalue weighted by Gasteiger charge is -2.37. The number of carbonyl (C=O) groups is 1. The average molecular weight is 172 g/mol. The van der Waals surface area contributed by atoms with Crippen LogP contribution in [0, 0.1) is 5.41 Å². The summed E-state index contributed by atoms with van der Waals surface area (Å²) in [6.45, 7) is 4.85. The highest BCUT2D eigenvalue weighted by molar-refractivity contribution is 5.67. The number of carboxylic acids is 1. The molecule has 0 aromatic carbocycles. The van der Waals surface area contributed by atoms with Gasteiger partial charge in [-0.25, -0.2) is 0 Å². The maximum atomic E-state index is 10.5. The lowest BCUT2D eigenvalue weighted by molar-refractivity contribution is -0.146. The van der Waals surface area contributed by atoms with Crippen LogP contribution in [0.25, 0.3) is 0 Å². The molecule has 1 saturated heterocycles. The molecule has 0 spiro atoms. The molecule has 1 aliphatic rings. The first-order chi connectivity index (χ1) is 5.52. The van der Waals surface area contributed by atoms with E-state index in [-0.39, 0.29) is 17.9 Å². The molecule has 1 fully saturated rings. The van der Waals surface area contributed by atoms with Crippen molar-refractivity contribution in [1.29, 1.82) is 0 Å². The normalized spacial score (nSPS) is 28.3. The van der Waals surface area contributed by atoms with Crippen molar-refractivity contribution in [2.24, 2.45) is 5.41 Å². The molecule has 3 nitrogen and oxygen atoms in total. The van der Waals surface area contributed by atoms with E-state index >= 15 is 0 Å². The Morgan fingerprint density at radius 3 is 2.83 bits per heavy atom. The van der Waals surface area contributed by atoms with Crippen LogP contribution in [-0.4, -0.2) is 23.8 Å². The highest BCUT2D eigenvalue weighted by Crippen LogP contribution is 2.34. The second kappa shape index (κ2) is 3.44. The average Bonchev–Trinajstić information content (AvgIpc) is 1.92. The largest absolute Gasteiger partial charge is 0.481 e. The minimum Gasteiger partial charge on any atom is -0.481 e. The van der Waals surface area contributed by atoms with E-state index in [9.17, 15) is 4.79 Å². The fraction of sp³-hybridized carbons (Fsp3) is 0.889. The zero-order valence-corrected chi connectivity index (χ0v) is 7.67. The summed E-state index contributed by atoms with van der Waals surface area (Å²) in [4.78, 5) is 10.5. The number of aliphatic carboxylic acids is 1. The van der Waals surface area contributed by atoms with Gasteiger partial charge in [0.25, 0.3) is 0 Å². The van der Waals surface area contributed by atoms with Crippen molar-refractivity contribution in [1.82, 2.24) is 0 Å². The smallest absolute Gasteiger partial charge is 0.306 e. The maximum Gasteiger partial charge on any atom is 0.306 e. The van der Waals surface area contributed by atoms with Gasteiger partial charge >= 0.3 is 5.97 Å². The Balaban J connectivity index is 2.54. The number of rotatable bonds is 2. The molecule has 1 atom stereocenters. The third-order valence-corrected chi connectivity index (χ3v) is 2.52. The lowest BCUT2D eigenvalue weighted by Crippen LogP contribution is -2.38. The standard InChI is InChI=1S/C9H16O3/c1-9(2)4-3-5-12-7(9)6-8(10)11/h7H,3-6H2,1-2H3,(H,10,11). The van der Waals surface area contributed by atoms with Gasteiger partial charge in [0.15, 0.2) is 0 Å². The van der Waals surface area contributed by atoms with E-state index in [4.69, 9.17) is 9.84 Å². The molecule has 0 amide bonds. The number of hydrogen-bond donors (Lipinski definition) is 1. The molecule has 0 radical (unpaired) electrons. The molecule has 70 valence electrons. The van der Waals surface area contributed by atoms with Crippen LogP contribution in [0.3, 0.4) is 0 Å². The van der Waals surface area contributed by atoms with Gasteiger partial charge in [-0.2, -0.15) is 0 Å². The van der Waals surface area contributed by atoms with Gasteiger partial charge in [-0.3, -0.25) is 4.79 Å². The molecule has 1 heterocycles. The van der Waals surface area contributed by atoms with E-state index in [1.807, 2.05) is 0 Å². The number of carboxylic acid groups (broad SMARTS) is 1. The molecule has 12 heavy (non-hydrogen) atoms. The summed E-state index contributed by atoms with van der Waals surface area (Å²) in [5.74, 6) is -0.769. The van der Waals surface area contributed by atoms with Crippen molar-refractivity contribution >= 4 is 5.97 Å². The van der Waals surface area contributed by atoms with Crippen molar-refractivity contribution in [3.63, 3.8) is 0 Å². The Morgan fingerprint density at radius 2 is 2.33 bits per heavy atom. The molecule has 1 rings (SSSR count). The van der Waals surface area contributed by atoms with Gasteiger partial charge < -0.3 is 9.84 Å². The lowest BCUT2D eigenvalue weighted by atomic mass is 9.79. The molecule has 0 aromatic heterocycles. The van der Waals surface area contributed by atoms with Crippen LogP contribution in [0.5, 0.6) is 0 Å². The van der Waals surface area contributed by atoms with Crippen LogP contribution in [0.2, 0.25) is 0 Å². The van der Waals surface area contributed by atoms with E-state index in [1.54, 1.807) is 0 Å². The van der Waals surface area contributed by atoms with Crippen LogP contribution in [-0.2, 0) is 9.53 Å². The summed E-state index contributed by atoms with van der Waals surface area (Å²) in [7, 11) is 0. The monoisotopic (exact) mass is 172 g/mol. The molecule has 0 bridgehead atoms. The molecular weight excluding hydrogens is 156 g/mol. The van der Waals surface area contributed by atoms with Crippen LogP contribution >= 0.6 is 0 Å². The second-order valence-electron chi connectivity index (χ2n) is 4.05. The number of ether oxygens (including phenoxy) is 1. The van der Waals surface area contributed by atoms with Crippen molar-refractivity contribution in [2.75, 3.05) is 6.61 Å². The van der Waals surface area contributed by atoms with Gasteiger partial charge in [0.1, 0.15) is 0 Å². The van der Waals surface area contributed by atoms with Gasteiger partial charge in [-0.05, 0) is 18.3 Å². The first-order valence-corrected chi connectivity index (χ1v) is 4.36. The highest BCUT2D eigenvalue weighted by atomic mass is 16.5. The van der Waals surface area contributed by atoms with E-state index in [0.29, 0.717) is 6.61 Å². The van der Waals surface area contributed by atoms with Gasteiger partial charge in [-0.1, -0.05) is 13.8 Å². The van der Waals surface area contributed by atoms with Crippen molar-refractivity contribution in [2.45, 2.75) is 39.2 Å². The van der Waals surface area contributed by atoms with Gasteiger partial charge in [-0.15, -0.1) is 0 Å². The van der Waals surface area contributed by atoms with E-state index in [2.05, 4.69) is 13.8 Å².